The molecule has 0 bridgehead atoms. The van der Waals surface area contributed by atoms with E-state index in [1.165, 1.54) is 18.3 Å². The van der Waals surface area contributed by atoms with Crippen molar-refractivity contribution in [2.24, 2.45) is 0 Å². The van der Waals surface area contributed by atoms with Gasteiger partial charge in [0.15, 0.2) is 0 Å². The lowest BCUT2D eigenvalue weighted by molar-refractivity contribution is -0.140. The van der Waals surface area contributed by atoms with Crippen molar-refractivity contribution in [3.05, 3.63) is 17.5 Å². The van der Waals surface area contributed by atoms with Gasteiger partial charge in [0.1, 0.15) is 6.04 Å². The topological polar surface area (TPSA) is 105 Å². The first-order chi connectivity index (χ1) is 9.56. The Labute approximate surface area is 122 Å². The second-order valence-corrected chi connectivity index (χ2v) is 5.67. The summed E-state index contributed by atoms with van der Waals surface area (Å²) < 4.78 is 5.41. The predicted octanol–water partition coefficient (Wildman–Crippen LogP) is 1.48. The molecule has 9 heteroatoms. The Morgan fingerprint density at radius 1 is 1.55 bits per heavy atom. The van der Waals surface area contributed by atoms with Gasteiger partial charge < -0.3 is 14.8 Å². The van der Waals surface area contributed by atoms with Gasteiger partial charge in [-0.2, -0.15) is 0 Å². The van der Waals surface area contributed by atoms with E-state index in [0.29, 0.717) is 5.89 Å². The molecular formula is C11H11N3O4S2. The molecule has 1 amide bonds. The van der Waals surface area contributed by atoms with Gasteiger partial charge in [-0.1, -0.05) is 17.8 Å². The zero-order chi connectivity index (χ0) is 14.5. The summed E-state index contributed by atoms with van der Waals surface area (Å²) in [6.45, 7) is 1.27. The van der Waals surface area contributed by atoms with Crippen molar-refractivity contribution in [1.82, 2.24) is 15.5 Å². The van der Waals surface area contributed by atoms with Gasteiger partial charge in [0.25, 0.3) is 11.1 Å². The molecule has 0 aliphatic heterocycles. The fourth-order valence-electron chi connectivity index (χ4n) is 1.34. The Balaban J connectivity index is 1.96. The van der Waals surface area contributed by atoms with Gasteiger partial charge in [-0.3, -0.25) is 4.79 Å². The monoisotopic (exact) mass is 313 g/mol. The highest BCUT2D eigenvalue weighted by molar-refractivity contribution is 7.99. The lowest BCUT2D eigenvalue weighted by Gasteiger charge is -2.10. The summed E-state index contributed by atoms with van der Waals surface area (Å²) in [5.74, 6) is -0.997. The second kappa shape index (κ2) is 6.53. The smallest absolute Gasteiger partial charge is 0.327 e. The molecule has 0 spiro atoms. The average molecular weight is 313 g/mol. The number of carboxylic acid groups (broad SMARTS) is 1. The molecule has 106 valence electrons. The maximum atomic E-state index is 11.0. The Kier molecular flexibility index (Phi) is 4.74. The molecule has 0 saturated heterocycles. The van der Waals surface area contributed by atoms with Crippen LogP contribution in [0.15, 0.2) is 27.2 Å². The predicted molar refractivity (Wildman–Crippen MR) is 73.6 cm³/mol. The second-order valence-electron chi connectivity index (χ2n) is 3.75. The minimum Gasteiger partial charge on any atom is -0.480 e. The van der Waals surface area contributed by atoms with Gasteiger partial charge in [-0.25, -0.2) is 4.79 Å². The van der Waals surface area contributed by atoms with Gasteiger partial charge in [-0.15, -0.1) is 21.5 Å². The van der Waals surface area contributed by atoms with E-state index in [1.807, 2.05) is 17.5 Å². The lowest BCUT2D eigenvalue weighted by Crippen LogP contribution is -2.41. The molecule has 0 aliphatic carbocycles. The number of carbonyl (C=O) groups is 2. The third kappa shape index (κ3) is 3.81. The quantitative estimate of drug-likeness (QED) is 0.778. The van der Waals surface area contributed by atoms with Crippen LogP contribution in [0.25, 0.3) is 10.8 Å². The summed E-state index contributed by atoms with van der Waals surface area (Å²) >= 11 is 2.56. The standard InChI is InChI=1S/C11H11N3O4S2/c1-6(15)12-7(10(16)17)5-20-11-14-13-9(18-11)8-3-2-4-19-8/h2-4,7H,5H2,1H3,(H,12,15)(H,16,17). The molecule has 0 aliphatic rings. The Bertz CT molecular complexity index is 597. The first-order valence-corrected chi connectivity index (χ1v) is 7.43. The van der Waals surface area contributed by atoms with Crippen molar-refractivity contribution in [1.29, 1.82) is 0 Å². The van der Waals surface area contributed by atoms with Crippen molar-refractivity contribution < 1.29 is 19.1 Å². The molecule has 0 radical (unpaired) electrons. The molecule has 1 atom stereocenters. The molecule has 20 heavy (non-hydrogen) atoms. The summed E-state index contributed by atoms with van der Waals surface area (Å²) in [5.41, 5.74) is 0. The van der Waals surface area contributed by atoms with Gasteiger partial charge in [-0.05, 0) is 11.4 Å². The average Bonchev–Trinajstić information content (AvgIpc) is 3.03. The fourth-order valence-corrected chi connectivity index (χ4v) is 2.76. The number of nitrogens with one attached hydrogen (secondary N) is 1. The number of thioether (sulfide) groups is 1. The van der Waals surface area contributed by atoms with Crippen molar-refractivity contribution in [2.75, 3.05) is 5.75 Å². The molecule has 0 saturated carbocycles. The van der Waals surface area contributed by atoms with Crippen LogP contribution in [0.3, 0.4) is 0 Å². The van der Waals surface area contributed by atoms with Crippen molar-refractivity contribution >= 4 is 35.0 Å². The molecular weight excluding hydrogens is 302 g/mol. The highest BCUT2D eigenvalue weighted by Gasteiger charge is 2.20. The maximum Gasteiger partial charge on any atom is 0.327 e. The summed E-state index contributed by atoms with van der Waals surface area (Å²) in [7, 11) is 0. The number of aromatic nitrogens is 2. The molecule has 2 rings (SSSR count). The van der Waals surface area contributed by atoms with E-state index in [0.717, 1.165) is 16.6 Å². The minimum absolute atomic E-state index is 0.112. The third-order valence-corrected chi connectivity index (χ3v) is 3.96. The molecule has 2 aromatic heterocycles. The van der Waals surface area contributed by atoms with Crippen LogP contribution in [0.1, 0.15) is 6.92 Å². The minimum atomic E-state index is -1.11. The summed E-state index contributed by atoms with van der Waals surface area (Å²) in [5, 5.41) is 21.2. The third-order valence-electron chi connectivity index (χ3n) is 2.19. The first-order valence-electron chi connectivity index (χ1n) is 5.56. The van der Waals surface area contributed by atoms with E-state index in [-0.39, 0.29) is 11.0 Å². The number of hydrogen-bond acceptors (Lipinski definition) is 7. The van der Waals surface area contributed by atoms with Gasteiger partial charge in [0, 0.05) is 12.7 Å². The van der Waals surface area contributed by atoms with Gasteiger partial charge in [0.05, 0.1) is 4.88 Å². The molecule has 0 fully saturated rings. The van der Waals surface area contributed by atoms with Gasteiger partial charge in [0.2, 0.25) is 5.91 Å². The highest BCUT2D eigenvalue weighted by Crippen LogP contribution is 2.26. The van der Waals surface area contributed by atoms with E-state index >= 15 is 0 Å². The van der Waals surface area contributed by atoms with Crippen LogP contribution in [0.4, 0.5) is 0 Å². The largest absolute Gasteiger partial charge is 0.480 e. The lowest BCUT2D eigenvalue weighted by atomic mass is 10.3. The van der Waals surface area contributed by atoms with Crippen LogP contribution >= 0.6 is 23.1 Å². The number of amides is 1. The number of carboxylic acids is 1. The number of rotatable bonds is 6. The first kappa shape index (κ1) is 14.5. The van der Waals surface area contributed by atoms with Gasteiger partial charge >= 0.3 is 5.97 Å². The highest BCUT2D eigenvalue weighted by atomic mass is 32.2. The number of hydrogen-bond donors (Lipinski definition) is 2. The number of thiophene rings is 1. The summed E-state index contributed by atoms with van der Waals surface area (Å²) in [6.07, 6.45) is 0. The van der Waals surface area contributed by atoms with Crippen LogP contribution in [0.5, 0.6) is 0 Å². The molecule has 2 aromatic rings. The van der Waals surface area contributed by atoms with Crippen molar-refractivity contribution in [3.63, 3.8) is 0 Å². The van der Waals surface area contributed by atoms with Crippen LogP contribution in [-0.2, 0) is 9.59 Å². The number of carbonyl (C=O) groups excluding carboxylic acids is 1. The van der Waals surface area contributed by atoms with E-state index in [1.54, 1.807) is 0 Å². The number of aliphatic carboxylic acids is 1. The van der Waals surface area contributed by atoms with Crippen LogP contribution < -0.4 is 5.32 Å². The van der Waals surface area contributed by atoms with E-state index < -0.39 is 17.9 Å². The molecule has 2 heterocycles. The van der Waals surface area contributed by atoms with E-state index in [4.69, 9.17) is 9.52 Å². The molecule has 2 N–H and O–H groups in total. The molecule has 7 nitrogen and oxygen atoms in total. The Morgan fingerprint density at radius 2 is 2.35 bits per heavy atom. The summed E-state index contributed by atoms with van der Waals surface area (Å²) in [6, 6.07) is 2.73. The Hall–Kier alpha value is -1.87. The number of nitrogens with zero attached hydrogens (tertiary/aromatic N) is 2. The SMILES string of the molecule is CC(=O)NC(CSc1nnc(-c2cccs2)o1)C(=O)O. The normalized spacial score (nSPS) is 12.1. The van der Waals surface area contributed by atoms with Crippen LogP contribution in [0, 0.1) is 0 Å². The van der Waals surface area contributed by atoms with Crippen molar-refractivity contribution in [3.8, 4) is 10.8 Å². The fraction of sp³-hybridized carbons (Fsp3) is 0.273. The van der Waals surface area contributed by atoms with Crippen LogP contribution in [0.2, 0.25) is 0 Å². The maximum absolute atomic E-state index is 11.0. The molecule has 0 aromatic carbocycles. The molecule has 1 unspecified atom stereocenters. The van der Waals surface area contributed by atoms with E-state index in [2.05, 4.69) is 15.5 Å². The zero-order valence-electron chi connectivity index (χ0n) is 10.4. The van der Waals surface area contributed by atoms with E-state index in [9.17, 15) is 9.59 Å². The van der Waals surface area contributed by atoms with Crippen molar-refractivity contribution in [2.45, 2.75) is 18.2 Å². The zero-order valence-corrected chi connectivity index (χ0v) is 12.0. The van der Waals surface area contributed by atoms with Crippen LogP contribution in [-0.4, -0.2) is 39.0 Å². The Morgan fingerprint density at radius 3 is 2.95 bits per heavy atom. The summed E-state index contributed by atoms with van der Waals surface area (Å²) in [4.78, 5) is 22.7.